The number of hydrogen-bond donors (Lipinski definition) is 2. The first-order chi connectivity index (χ1) is 15.4. The minimum atomic E-state index is -0.227. The number of carbonyl (C=O) groups excluding carboxylic acids is 2. The molecule has 3 rings (SSSR count). The van der Waals surface area contributed by atoms with Gasteiger partial charge in [0, 0.05) is 31.1 Å². The Morgan fingerprint density at radius 1 is 1.19 bits per heavy atom. The van der Waals surface area contributed by atoms with E-state index in [1.54, 1.807) is 18.2 Å². The molecule has 7 nitrogen and oxygen atoms in total. The summed E-state index contributed by atoms with van der Waals surface area (Å²) in [6.07, 6.45) is 5.18. The molecule has 2 aromatic rings. The molecule has 0 bridgehead atoms. The van der Waals surface area contributed by atoms with E-state index in [0.29, 0.717) is 51.9 Å². The third-order valence-corrected chi connectivity index (χ3v) is 7.42. The minimum absolute atomic E-state index is 0.0369. The predicted molar refractivity (Wildman–Crippen MR) is 128 cm³/mol. The van der Waals surface area contributed by atoms with Crippen molar-refractivity contribution in [3.05, 3.63) is 39.6 Å². The van der Waals surface area contributed by atoms with Crippen molar-refractivity contribution in [2.45, 2.75) is 63.7 Å². The maximum absolute atomic E-state index is 12.4. The van der Waals surface area contributed by atoms with Crippen LogP contribution in [0.5, 0.6) is 0 Å². The average molecular weight is 498 g/mol. The fraction of sp³-hybridized carbons (Fsp3) is 0.545. The van der Waals surface area contributed by atoms with Crippen molar-refractivity contribution in [3.63, 3.8) is 0 Å². The highest BCUT2D eigenvalue weighted by molar-refractivity contribution is 7.99. The number of halogens is 2. The number of rotatable bonds is 9. The molecule has 0 spiro atoms. The monoisotopic (exact) mass is 497 g/mol. The van der Waals surface area contributed by atoms with Crippen LogP contribution in [0.15, 0.2) is 23.4 Å². The summed E-state index contributed by atoms with van der Waals surface area (Å²) < 4.78 is 1.98. The molecule has 1 aromatic heterocycles. The van der Waals surface area contributed by atoms with E-state index in [0.717, 1.165) is 12.2 Å². The highest BCUT2D eigenvalue weighted by Gasteiger charge is 2.23. The first-order valence-corrected chi connectivity index (χ1v) is 12.7. The maximum Gasteiger partial charge on any atom is 0.251 e. The molecule has 0 unspecified atom stereocenters. The molecule has 1 heterocycles. The normalized spacial score (nSPS) is 18.4. The van der Waals surface area contributed by atoms with Gasteiger partial charge in [0.05, 0.1) is 15.8 Å². The fourth-order valence-electron chi connectivity index (χ4n) is 3.86. The highest BCUT2D eigenvalue weighted by atomic mass is 35.5. The van der Waals surface area contributed by atoms with Crippen molar-refractivity contribution in [3.8, 4) is 0 Å². The fourth-order valence-corrected chi connectivity index (χ4v) is 5.00. The van der Waals surface area contributed by atoms with Gasteiger partial charge in [-0.1, -0.05) is 54.7 Å². The van der Waals surface area contributed by atoms with Crippen LogP contribution in [0.1, 0.15) is 55.7 Å². The minimum Gasteiger partial charge on any atom is -0.352 e. The zero-order valence-electron chi connectivity index (χ0n) is 18.4. The largest absolute Gasteiger partial charge is 0.352 e. The lowest BCUT2D eigenvalue weighted by molar-refractivity contribution is -0.119. The summed E-state index contributed by atoms with van der Waals surface area (Å²) in [5.41, 5.74) is 0.450. The van der Waals surface area contributed by atoms with Gasteiger partial charge in [-0.2, -0.15) is 0 Å². The molecular weight excluding hydrogens is 469 g/mol. The molecule has 0 aliphatic heterocycles. The van der Waals surface area contributed by atoms with Gasteiger partial charge in [0.15, 0.2) is 5.16 Å². The number of thioether (sulfide) groups is 1. The van der Waals surface area contributed by atoms with Crippen LogP contribution in [-0.4, -0.2) is 44.9 Å². The molecule has 0 saturated heterocycles. The first kappa shape index (κ1) is 24.9. The van der Waals surface area contributed by atoms with Gasteiger partial charge in [-0.05, 0) is 43.9 Å². The van der Waals surface area contributed by atoms with E-state index in [2.05, 4.69) is 27.8 Å². The number of benzene rings is 1. The molecular formula is C22H29Cl2N5O2S. The molecule has 174 valence electrons. The maximum atomic E-state index is 12.4. The van der Waals surface area contributed by atoms with Crippen LogP contribution in [0.25, 0.3) is 0 Å². The Kier molecular flexibility index (Phi) is 9.25. The van der Waals surface area contributed by atoms with Gasteiger partial charge in [0.2, 0.25) is 5.91 Å². The summed E-state index contributed by atoms with van der Waals surface area (Å²) in [6, 6.07) is 5.05. The van der Waals surface area contributed by atoms with Crippen molar-refractivity contribution in [2.24, 2.45) is 5.92 Å². The molecule has 1 fully saturated rings. The smallest absolute Gasteiger partial charge is 0.251 e. The molecule has 0 radical (unpaired) electrons. The lowest BCUT2D eigenvalue weighted by Crippen LogP contribution is -2.41. The van der Waals surface area contributed by atoms with Crippen LogP contribution in [0.2, 0.25) is 10.0 Å². The Hall–Kier alpha value is -1.77. The van der Waals surface area contributed by atoms with Crippen LogP contribution in [0, 0.1) is 5.92 Å². The number of nitrogens with one attached hydrogen (secondary N) is 2. The van der Waals surface area contributed by atoms with E-state index in [-0.39, 0.29) is 17.9 Å². The zero-order chi connectivity index (χ0) is 23.1. The van der Waals surface area contributed by atoms with Gasteiger partial charge < -0.3 is 15.2 Å². The number of carbonyl (C=O) groups is 2. The molecule has 1 saturated carbocycles. The summed E-state index contributed by atoms with van der Waals surface area (Å²) >= 11 is 13.3. The predicted octanol–water partition coefficient (Wildman–Crippen LogP) is 4.36. The van der Waals surface area contributed by atoms with Crippen LogP contribution in [-0.2, 0) is 17.8 Å². The second-order valence-corrected chi connectivity index (χ2v) is 9.76. The van der Waals surface area contributed by atoms with Crippen LogP contribution < -0.4 is 10.6 Å². The topological polar surface area (TPSA) is 88.9 Å². The number of nitrogens with zero attached hydrogens (tertiary/aromatic N) is 3. The first-order valence-electron chi connectivity index (χ1n) is 11.0. The quantitative estimate of drug-likeness (QED) is 0.502. The number of aromatic nitrogens is 3. The summed E-state index contributed by atoms with van der Waals surface area (Å²) in [6.45, 7) is 5.31. The Bertz CT molecular complexity index is 952. The highest BCUT2D eigenvalue weighted by Crippen LogP contribution is 2.24. The molecule has 1 aromatic carbocycles. The van der Waals surface area contributed by atoms with Crippen LogP contribution in [0.4, 0.5) is 0 Å². The van der Waals surface area contributed by atoms with Crippen LogP contribution in [0.3, 0.4) is 0 Å². The lowest BCUT2D eigenvalue weighted by Gasteiger charge is -2.29. The third-order valence-electron chi connectivity index (χ3n) is 5.72. The Morgan fingerprint density at radius 3 is 2.69 bits per heavy atom. The van der Waals surface area contributed by atoms with Gasteiger partial charge in [0.25, 0.3) is 5.91 Å². The van der Waals surface area contributed by atoms with E-state index in [1.165, 1.54) is 31.0 Å². The standard InChI is InChI=1S/C22H29Cl2N5O2S/c1-3-29-19(10-11-25-21(31)15-8-9-16(23)17(24)12-15)27-28-22(29)32-13-20(30)26-18-7-5-4-6-14(18)2/h8-9,12,14,18H,3-7,10-11,13H2,1-2H3,(H,25,31)(H,26,30)/t14-,18+/m1/s1. The summed E-state index contributed by atoms with van der Waals surface area (Å²) in [7, 11) is 0. The molecule has 32 heavy (non-hydrogen) atoms. The molecule has 2 N–H and O–H groups in total. The van der Waals surface area contributed by atoms with Crippen molar-refractivity contribution in [1.82, 2.24) is 25.4 Å². The second kappa shape index (κ2) is 11.9. The average Bonchev–Trinajstić information content (AvgIpc) is 3.17. The van der Waals surface area contributed by atoms with Crippen LogP contribution >= 0.6 is 35.0 Å². The van der Waals surface area contributed by atoms with Gasteiger partial charge in [0.1, 0.15) is 5.82 Å². The zero-order valence-corrected chi connectivity index (χ0v) is 20.7. The van der Waals surface area contributed by atoms with Gasteiger partial charge in [-0.15, -0.1) is 10.2 Å². The van der Waals surface area contributed by atoms with E-state index < -0.39 is 0 Å². The summed E-state index contributed by atoms with van der Waals surface area (Å²) in [5.74, 6) is 1.42. The summed E-state index contributed by atoms with van der Waals surface area (Å²) in [4.78, 5) is 24.7. The van der Waals surface area contributed by atoms with Gasteiger partial charge >= 0.3 is 0 Å². The molecule has 2 amide bonds. The van der Waals surface area contributed by atoms with Gasteiger partial charge in [-0.3, -0.25) is 9.59 Å². The SMILES string of the molecule is CCn1c(CCNC(=O)c2ccc(Cl)c(Cl)c2)nnc1SCC(=O)N[C@H]1CCCC[C@H]1C. The number of hydrogen-bond acceptors (Lipinski definition) is 5. The molecule has 1 aliphatic carbocycles. The second-order valence-electron chi connectivity index (χ2n) is 8.00. The van der Waals surface area contributed by atoms with E-state index >= 15 is 0 Å². The Morgan fingerprint density at radius 2 is 1.97 bits per heavy atom. The van der Waals surface area contributed by atoms with Crippen molar-refractivity contribution < 1.29 is 9.59 Å². The van der Waals surface area contributed by atoms with Crippen molar-refractivity contribution >= 4 is 46.8 Å². The van der Waals surface area contributed by atoms with E-state index in [4.69, 9.17) is 23.2 Å². The van der Waals surface area contributed by atoms with Crippen molar-refractivity contribution in [1.29, 1.82) is 0 Å². The molecule has 10 heteroatoms. The van der Waals surface area contributed by atoms with E-state index in [9.17, 15) is 9.59 Å². The third kappa shape index (κ3) is 6.62. The Labute approximate surface area is 203 Å². The molecule has 1 aliphatic rings. The Balaban J connectivity index is 1.49. The number of amides is 2. The van der Waals surface area contributed by atoms with Crippen molar-refractivity contribution in [2.75, 3.05) is 12.3 Å². The lowest BCUT2D eigenvalue weighted by atomic mass is 9.86. The summed E-state index contributed by atoms with van der Waals surface area (Å²) in [5, 5.41) is 16.0. The molecule has 2 atom stereocenters. The van der Waals surface area contributed by atoms with E-state index in [1.807, 2.05) is 11.5 Å². The van der Waals surface area contributed by atoms with Gasteiger partial charge in [-0.25, -0.2) is 0 Å².